The fraction of sp³-hybridized carbons (Fsp3) is 0.417. The molecule has 0 saturated carbocycles. The van der Waals surface area contributed by atoms with Crippen molar-refractivity contribution in [3.63, 3.8) is 0 Å². The number of carbonyl (C=O) groups is 2. The highest BCUT2D eigenvalue weighted by atomic mass is 16.5. The van der Waals surface area contributed by atoms with Crippen molar-refractivity contribution >= 4 is 23.3 Å². The molecule has 4 rings (SSSR count). The van der Waals surface area contributed by atoms with Crippen LogP contribution in [0.5, 0.6) is 0 Å². The van der Waals surface area contributed by atoms with E-state index in [4.69, 9.17) is 4.74 Å². The number of hydrogen-bond acceptors (Lipinski definition) is 5. The zero-order chi connectivity index (χ0) is 21.1. The minimum atomic E-state index is -0.315. The Morgan fingerprint density at radius 3 is 2.53 bits per heavy atom. The monoisotopic (exact) mass is 407 g/mol. The summed E-state index contributed by atoms with van der Waals surface area (Å²) in [7, 11) is 1.39. The molecule has 0 aliphatic carbocycles. The highest BCUT2D eigenvalue weighted by molar-refractivity contribution is 5.95. The van der Waals surface area contributed by atoms with Gasteiger partial charge < -0.3 is 14.5 Å². The maximum atomic E-state index is 12.8. The van der Waals surface area contributed by atoms with Crippen LogP contribution in [0.25, 0.3) is 0 Å². The number of methoxy groups -OCH3 is 1. The number of benzene rings is 2. The first kappa shape index (κ1) is 20.4. The summed E-state index contributed by atoms with van der Waals surface area (Å²) in [5.41, 5.74) is 4.02. The quantitative estimate of drug-likeness (QED) is 0.714. The van der Waals surface area contributed by atoms with Crippen molar-refractivity contribution < 1.29 is 14.3 Å². The third kappa shape index (κ3) is 4.19. The van der Waals surface area contributed by atoms with Crippen molar-refractivity contribution in [1.82, 2.24) is 4.90 Å². The second-order valence-corrected chi connectivity index (χ2v) is 8.04. The number of esters is 1. The first-order chi connectivity index (χ1) is 14.6. The number of para-hydroxylation sites is 1. The van der Waals surface area contributed by atoms with E-state index < -0.39 is 0 Å². The van der Waals surface area contributed by atoms with Crippen LogP contribution >= 0.6 is 0 Å². The summed E-state index contributed by atoms with van der Waals surface area (Å²) < 4.78 is 4.77. The summed E-state index contributed by atoms with van der Waals surface area (Å²) in [4.78, 5) is 31.1. The Morgan fingerprint density at radius 1 is 1.03 bits per heavy atom. The molecule has 1 unspecified atom stereocenters. The highest BCUT2D eigenvalue weighted by Gasteiger charge is 2.27. The molecular formula is C24H29N3O3. The number of rotatable bonds is 5. The van der Waals surface area contributed by atoms with Crippen LogP contribution in [0.4, 0.5) is 11.4 Å². The van der Waals surface area contributed by atoms with Crippen LogP contribution in [0.15, 0.2) is 48.5 Å². The van der Waals surface area contributed by atoms with Crippen molar-refractivity contribution in [3.05, 3.63) is 59.7 Å². The Kier molecular flexibility index (Phi) is 6.04. The second kappa shape index (κ2) is 8.88. The van der Waals surface area contributed by atoms with Gasteiger partial charge in [-0.1, -0.05) is 18.2 Å². The number of ether oxygens (including phenoxy) is 1. The standard InChI is InChI=1S/C24H29N3O3/c1-18-17-26(21-9-7-20(8-10-21)24(29)30-2)16-15-25(18)13-12-23(28)27-14-11-19-5-3-4-6-22(19)27/h3-10,18H,11-17H2,1-2H3. The Balaban J connectivity index is 1.30. The molecule has 2 aliphatic heterocycles. The predicted octanol–water partition coefficient (Wildman–Crippen LogP) is 2.96. The van der Waals surface area contributed by atoms with Crippen LogP contribution in [-0.4, -0.2) is 62.7 Å². The van der Waals surface area contributed by atoms with Gasteiger partial charge >= 0.3 is 5.97 Å². The molecule has 0 radical (unpaired) electrons. The third-order valence-electron chi connectivity index (χ3n) is 6.22. The average Bonchev–Trinajstić information content (AvgIpc) is 3.22. The van der Waals surface area contributed by atoms with Gasteiger partial charge in [-0.3, -0.25) is 9.69 Å². The van der Waals surface area contributed by atoms with Gasteiger partial charge in [0.25, 0.3) is 0 Å². The largest absolute Gasteiger partial charge is 0.465 e. The lowest BCUT2D eigenvalue weighted by Crippen LogP contribution is -2.52. The van der Waals surface area contributed by atoms with Crippen LogP contribution < -0.4 is 9.80 Å². The number of hydrogen-bond donors (Lipinski definition) is 0. The van der Waals surface area contributed by atoms with E-state index in [0.717, 1.165) is 50.5 Å². The van der Waals surface area contributed by atoms with E-state index in [1.807, 2.05) is 47.4 Å². The van der Waals surface area contributed by atoms with E-state index in [-0.39, 0.29) is 11.9 Å². The molecule has 1 saturated heterocycles. The average molecular weight is 408 g/mol. The maximum absolute atomic E-state index is 12.8. The number of amides is 1. The molecule has 2 heterocycles. The topological polar surface area (TPSA) is 53.1 Å². The molecule has 158 valence electrons. The van der Waals surface area contributed by atoms with E-state index in [1.54, 1.807) is 0 Å². The molecule has 2 aliphatic rings. The first-order valence-electron chi connectivity index (χ1n) is 10.6. The lowest BCUT2D eigenvalue weighted by atomic mass is 10.1. The molecule has 0 aromatic heterocycles. The normalized spacial score (nSPS) is 18.9. The molecule has 6 nitrogen and oxygen atoms in total. The van der Waals surface area contributed by atoms with Gasteiger partial charge in [-0.25, -0.2) is 4.79 Å². The van der Waals surface area contributed by atoms with E-state index in [0.29, 0.717) is 18.0 Å². The summed E-state index contributed by atoms with van der Waals surface area (Å²) in [6, 6.07) is 16.1. The minimum Gasteiger partial charge on any atom is -0.465 e. The number of anilines is 2. The number of carbonyl (C=O) groups excluding carboxylic acids is 2. The molecule has 1 atom stereocenters. The van der Waals surface area contributed by atoms with Gasteiger partial charge in [-0.2, -0.15) is 0 Å². The molecule has 0 N–H and O–H groups in total. The summed E-state index contributed by atoms with van der Waals surface area (Å²) >= 11 is 0. The van der Waals surface area contributed by atoms with Crippen LogP contribution in [0.2, 0.25) is 0 Å². The number of nitrogens with zero attached hydrogens (tertiary/aromatic N) is 3. The number of piperazine rings is 1. The third-order valence-corrected chi connectivity index (χ3v) is 6.22. The molecule has 6 heteroatoms. The summed E-state index contributed by atoms with van der Waals surface area (Å²) in [5, 5.41) is 0. The van der Waals surface area contributed by atoms with Crippen molar-refractivity contribution in [1.29, 1.82) is 0 Å². The predicted molar refractivity (Wildman–Crippen MR) is 118 cm³/mol. The molecule has 2 aromatic rings. The Hall–Kier alpha value is -2.86. The molecule has 0 spiro atoms. The molecule has 1 amide bonds. The van der Waals surface area contributed by atoms with Crippen molar-refractivity contribution in [2.24, 2.45) is 0 Å². The van der Waals surface area contributed by atoms with Gasteiger partial charge in [0.2, 0.25) is 5.91 Å². The van der Waals surface area contributed by atoms with Crippen molar-refractivity contribution in [3.8, 4) is 0 Å². The fourth-order valence-corrected chi connectivity index (χ4v) is 4.46. The molecule has 1 fully saturated rings. The van der Waals surface area contributed by atoms with Gasteiger partial charge in [0.05, 0.1) is 12.7 Å². The second-order valence-electron chi connectivity index (χ2n) is 8.04. The summed E-state index contributed by atoms with van der Waals surface area (Å²) in [6.45, 7) is 6.52. The Labute approximate surface area is 178 Å². The van der Waals surface area contributed by atoms with Gasteiger partial charge in [0.1, 0.15) is 0 Å². The van der Waals surface area contributed by atoms with Crippen LogP contribution in [0, 0.1) is 0 Å². The smallest absolute Gasteiger partial charge is 0.337 e. The lowest BCUT2D eigenvalue weighted by Gasteiger charge is -2.41. The van der Waals surface area contributed by atoms with Gasteiger partial charge in [-0.05, 0) is 49.2 Å². The van der Waals surface area contributed by atoms with Gasteiger partial charge in [0, 0.05) is 56.6 Å². The van der Waals surface area contributed by atoms with E-state index in [9.17, 15) is 9.59 Å². The molecule has 2 aromatic carbocycles. The van der Waals surface area contributed by atoms with Crippen molar-refractivity contribution in [2.75, 3.05) is 49.6 Å². The first-order valence-corrected chi connectivity index (χ1v) is 10.6. The maximum Gasteiger partial charge on any atom is 0.337 e. The molecule has 0 bridgehead atoms. The zero-order valence-electron chi connectivity index (χ0n) is 17.7. The van der Waals surface area contributed by atoms with Crippen LogP contribution in [0.1, 0.15) is 29.3 Å². The van der Waals surface area contributed by atoms with Crippen LogP contribution in [0.3, 0.4) is 0 Å². The SMILES string of the molecule is COC(=O)c1ccc(N2CCN(CCC(=O)N3CCc4ccccc43)C(C)C2)cc1. The van der Waals surface area contributed by atoms with Gasteiger partial charge in [0.15, 0.2) is 0 Å². The highest BCUT2D eigenvalue weighted by Crippen LogP contribution is 2.28. The van der Waals surface area contributed by atoms with E-state index in [2.05, 4.69) is 22.8 Å². The van der Waals surface area contributed by atoms with Gasteiger partial charge in [-0.15, -0.1) is 0 Å². The Morgan fingerprint density at radius 2 is 1.80 bits per heavy atom. The van der Waals surface area contributed by atoms with Crippen molar-refractivity contribution in [2.45, 2.75) is 25.8 Å². The summed E-state index contributed by atoms with van der Waals surface area (Å²) in [5.74, 6) is -0.0991. The van der Waals surface area contributed by atoms with Crippen LogP contribution in [-0.2, 0) is 16.0 Å². The molecular weight excluding hydrogens is 378 g/mol. The summed E-state index contributed by atoms with van der Waals surface area (Å²) in [6.07, 6.45) is 1.50. The number of fused-ring (bicyclic) bond motifs is 1. The lowest BCUT2D eigenvalue weighted by molar-refractivity contribution is -0.119. The zero-order valence-corrected chi connectivity index (χ0v) is 17.7. The molecule has 30 heavy (non-hydrogen) atoms. The fourth-order valence-electron chi connectivity index (χ4n) is 4.46. The Bertz CT molecular complexity index is 912. The van der Waals surface area contributed by atoms with E-state index in [1.165, 1.54) is 12.7 Å². The van der Waals surface area contributed by atoms with E-state index >= 15 is 0 Å². The minimum absolute atomic E-state index is 0.216.